The lowest BCUT2D eigenvalue weighted by Crippen LogP contribution is -2.18. The minimum atomic E-state index is -0.206. The Labute approximate surface area is 138 Å². The van der Waals surface area contributed by atoms with Crippen LogP contribution in [-0.2, 0) is 0 Å². The van der Waals surface area contributed by atoms with Gasteiger partial charge in [-0.1, -0.05) is 12.1 Å². The minimum Gasteiger partial charge on any atom is -0.282 e. The van der Waals surface area contributed by atoms with Crippen molar-refractivity contribution in [2.45, 2.75) is 22.3 Å². The van der Waals surface area contributed by atoms with E-state index in [4.69, 9.17) is 11.6 Å². The number of nitrogens with zero attached hydrogens (tertiary/aromatic N) is 1. The van der Waals surface area contributed by atoms with E-state index in [-0.39, 0.29) is 5.82 Å². The Bertz CT molecular complexity index is 605. The molecule has 0 aliphatic carbocycles. The van der Waals surface area contributed by atoms with E-state index in [9.17, 15) is 4.39 Å². The van der Waals surface area contributed by atoms with Crippen LogP contribution in [0.5, 0.6) is 0 Å². The number of halogens is 2. The van der Waals surface area contributed by atoms with E-state index in [1.165, 1.54) is 22.7 Å². The molecule has 0 saturated heterocycles. The van der Waals surface area contributed by atoms with Gasteiger partial charge in [-0.25, -0.2) is 4.39 Å². The van der Waals surface area contributed by atoms with E-state index < -0.39 is 0 Å². The van der Waals surface area contributed by atoms with Gasteiger partial charge in [0.2, 0.25) is 0 Å². The van der Waals surface area contributed by atoms with E-state index in [0.29, 0.717) is 10.5 Å². The predicted molar refractivity (Wildman–Crippen MR) is 92.2 cm³/mol. The van der Waals surface area contributed by atoms with E-state index in [1.807, 2.05) is 30.0 Å². The molecule has 2 aromatic rings. The third-order valence-electron chi connectivity index (χ3n) is 3.20. The molecule has 1 nitrogen and oxygen atoms in total. The van der Waals surface area contributed by atoms with Crippen LogP contribution in [0.15, 0.2) is 53.4 Å². The van der Waals surface area contributed by atoms with Gasteiger partial charge in [0.05, 0.1) is 16.0 Å². The number of hydrogen-bond donors (Lipinski definition) is 0. The fraction of sp³-hybridized carbons (Fsp3) is 0.250. The molecular weight excluding hydrogens is 325 g/mol. The van der Waals surface area contributed by atoms with Crippen molar-refractivity contribution in [1.29, 1.82) is 0 Å². The van der Waals surface area contributed by atoms with Crippen molar-refractivity contribution in [3.05, 3.63) is 54.3 Å². The van der Waals surface area contributed by atoms with Gasteiger partial charge in [-0.05, 0) is 61.2 Å². The Balaban J connectivity index is 1.92. The standard InChI is InChI=1S/C16H15ClFNS2/c17-11-3-6-16-20-15-5-2-1-4-14(15)19(21-16)13-9-7-12(18)8-10-13/h1-2,4-5,7-10,16H,3,6,11H2. The summed E-state index contributed by atoms with van der Waals surface area (Å²) in [5.74, 6) is 0.484. The van der Waals surface area contributed by atoms with Crippen molar-refractivity contribution >= 4 is 46.7 Å². The fourth-order valence-electron chi connectivity index (χ4n) is 2.19. The second-order valence-electron chi connectivity index (χ2n) is 4.72. The Morgan fingerprint density at radius 2 is 1.86 bits per heavy atom. The summed E-state index contributed by atoms with van der Waals surface area (Å²) >= 11 is 9.49. The molecule has 0 bridgehead atoms. The lowest BCUT2D eigenvalue weighted by atomic mass is 10.2. The maximum Gasteiger partial charge on any atom is 0.123 e. The molecule has 0 amide bonds. The Kier molecular flexibility index (Phi) is 4.99. The van der Waals surface area contributed by atoms with Crippen LogP contribution in [0.2, 0.25) is 0 Å². The molecule has 21 heavy (non-hydrogen) atoms. The first-order chi connectivity index (χ1) is 10.3. The summed E-state index contributed by atoms with van der Waals surface area (Å²) in [5.41, 5.74) is 2.17. The highest BCUT2D eigenvalue weighted by molar-refractivity contribution is 8.18. The van der Waals surface area contributed by atoms with Crippen molar-refractivity contribution in [2.24, 2.45) is 0 Å². The van der Waals surface area contributed by atoms with Gasteiger partial charge in [0, 0.05) is 10.8 Å². The highest BCUT2D eigenvalue weighted by Crippen LogP contribution is 2.50. The molecule has 0 saturated carbocycles. The van der Waals surface area contributed by atoms with Crippen LogP contribution < -0.4 is 4.31 Å². The van der Waals surface area contributed by atoms with Crippen LogP contribution in [0, 0.1) is 5.82 Å². The van der Waals surface area contributed by atoms with Crippen LogP contribution >= 0.6 is 35.3 Å². The smallest absolute Gasteiger partial charge is 0.123 e. The van der Waals surface area contributed by atoms with Gasteiger partial charge >= 0.3 is 0 Å². The van der Waals surface area contributed by atoms with Gasteiger partial charge in [-0.2, -0.15) is 0 Å². The van der Waals surface area contributed by atoms with Crippen molar-refractivity contribution in [3.63, 3.8) is 0 Å². The molecule has 0 aromatic heterocycles. The monoisotopic (exact) mass is 339 g/mol. The second kappa shape index (κ2) is 6.95. The highest BCUT2D eigenvalue weighted by atomic mass is 35.5. The lowest BCUT2D eigenvalue weighted by molar-refractivity contribution is 0.628. The van der Waals surface area contributed by atoms with Crippen LogP contribution in [0.3, 0.4) is 0 Å². The number of anilines is 2. The molecule has 0 fully saturated rings. The zero-order chi connectivity index (χ0) is 14.7. The number of benzene rings is 2. The van der Waals surface area contributed by atoms with E-state index in [0.717, 1.165) is 18.5 Å². The molecular formula is C16H15ClFNS2. The third kappa shape index (κ3) is 3.50. The molecule has 1 atom stereocenters. The molecule has 2 aromatic carbocycles. The van der Waals surface area contributed by atoms with Crippen LogP contribution in [0.1, 0.15) is 12.8 Å². The zero-order valence-corrected chi connectivity index (χ0v) is 13.7. The van der Waals surface area contributed by atoms with E-state index >= 15 is 0 Å². The number of rotatable bonds is 4. The van der Waals surface area contributed by atoms with E-state index in [1.54, 1.807) is 11.9 Å². The molecule has 3 rings (SSSR count). The van der Waals surface area contributed by atoms with Gasteiger partial charge in [-0.3, -0.25) is 4.31 Å². The van der Waals surface area contributed by atoms with Crippen LogP contribution in [-0.4, -0.2) is 10.5 Å². The fourth-order valence-corrected chi connectivity index (χ4v) is 5.18. The topological polar surface area (TPSA) is 3.24 Å². The normalized spacial score (nSPS) is 17.6. The number of para-hydroxylation sites is 1. The number of fused-ring (bicyclic) bond motifs is 1. The summed E-state index contributed by atoms with van der Waals surface area (Å²) in [4.78, 5) is 1.26. The summed E-state index contributed by atoms with van der Waals surface area (Å²) in [6.45, 7) is 0. The Morgan fingerprint density at radius 3 is 2.62 bits per heavy atom. The molecule has 1 unspecified atom stereocenters. The first kappa shape index (κ1) is 15.1. The van der Waals surface area contributed by atoms with Gasteiger partial charge in [0.15, 0.2) is 0 Å². The first-order valence-corrected chi connectivity index (χ1v) is 9.07. The summed E-state index contributed by atoms with van der Waals surface area (Å²) in [6.07, 6.45) is 2.07. The lowest BCUT2D eigenvalue weighted by Gasteiger charge is -2.34. The second-order valence-corrected chi connectivity index (χ2v) is 7.79. The average molecular weight is 340 g/mol. The third-order valence-corrected chi connectivity index (χ3v) is 6.20. The average Bonchev–Trinajstić information content (AvgIpc) is 2.53. The molecule has 110 valence electrons. The molecule has 1 heterocycles. The molecule has 1 aliphatic rings. The predicted octanol–water partition coefficient (Wildman–Crippen LogP) is 6.06. The summed E-state index contributed by atoms with van der Waals surface area (Å²) in [7, 11) is 0. The Morgan fingerprint density at radius 1 is 1.10 bits per heavy atom. The molecule has 1 aliphatic heterocycles. The number of alkyl halides is 1. The van der Waals surface area contributed by atoms with Gasteiger partial charge in [0.25, 0.3) is 0 Å². The Hall–Kier alpha value is -0.840. The van der Waals surface area contributed by atoms with Gasteiger partial charge in [0.1, 0.15) is 5.82 Å². The number of thioether (sulfide) groups is 1. The molecule has 0 spiro atoms. The largest absolute Gasteiger partial charge is 0.282 e. The summed E-state index contributed by atoms with van der Waals surface area (Å²) < 4.78 is 15.8. The molecule has 5 heteroatoms. The van der Waals surface area contributed by atoms with Crippen molar-refractivity contribution in [3.8, 4) is 0 Å². The van der Waals surface area contributed by atoms with Crippen molar-refractivity contribution in [2.75, 3.05) is 10.2 Å². The quantitative estimate of drug-likeness (QED) is 0.492. The zero-order valence-electron chi connectivity index (χ0n) is 11.3. The van der Waals surface area contributed by atoms with Gasteiger partial charge in [-0.15, -0.1) is 23.4 Å². The van der Waals surface area contributed by atoms with Crippen molar-refractivity contribution in [1.82, 2.24) is 0 Å². The van der Waals surface area contributed by atoms with Crippen LogP contribution in [0.25, 0.3) is 0 Å². The highest BCUT2D eigenvalue weighted by Gasteiger charge is 2.26. The van der Waals surface area contributed by atoms with Crippen LogP contribution in [0.4, 0.5) is 15.8 Å². The SMILES string of the molecule is Fc1ccc(N2SC(CCCCl)Sc3ccccc32)cc1. The summed E-state index contributed by atoms with van der Waals surface area (Å²) in [5, 5.41) is 0. The summed E-state index contributed by atoms with van der Waals surface area (Å²) in [6, 6.07) is 15.0. The minimum absolute atomic E-state index is 0.206. The maximum atomic E-state index is 13.1. The first-order valence-electron chi connectivity index (χ1n) is 6.82. The number of hydrogen-bond acceptors (Lipinski definition) is 3. The van der Waals surface area contributed by atoms with Gasteiger partial charge < -0.3 is 0 Å². The van der Waals surface area contributed by atoms with Crippen molar-refractivity contribution < 1.29 is 4.39 Å². The van der Waals surface area contributed by atoms with E-state index in [2.05, 4.69) is 22.5 Å². The maximum absolute atomic E-state index is 13.1. The molecule has 0 radical (unpaired) electrons. The molecule has 0 N–H and O–H groups in total.